The molecule has 0 aromatic carbocycles. The van der Waals surface area contributed by atoms with Crippen molar-refractivity contribution in [3.63, 3.8) is 0 Å². The molecule has 0 aromatic heterocycles. The first-order chi connectivity index (χ1) is 7.65. The lowest BCUT2D eigenvalue weighted by Gasteiger charge is -2.16. The van der Waals surface area contributed by atoms with Gasteiger partial charge in [-0.15, -0.1) is 0 Å². The van der Waals surface area contributed by atoms with Crippen molar-refractivity contribution in [3.8, 4) is 0 Å². The van der Waals surface area contributed by atoms with Gasteiger partial charge in [-0.3, -0.25) is 4.79 Å². The molecule has 2 N–H and O–H groups in total. The van der Waals surface area contributed by atoms with Crippen molar-refractivity contribution in [3.05, 3.63) is 0 Å². The van der Waals surface area contributed by atoms with Crippen LogP contribution in [0.2, 0.25) is 0 Å². The maximum absolute atomic E-state index is 11.7. The van der Waals surface area contributed by atoms with Crippen LogP contribution in [0.5, 0.6) is 0 Å². The molecule has 0 spiro atoms. The van der Waals surface area contributed by atoms with E-state index in [0.717, 1.165) is 50.7 Å². The van der Waals surface area contributed by atoms with Gasteiger partial charge in [-0.1, -0.05) is 27.2 Å². The van der Waals surface area contributed by atoms with Crippen LogP contribution in [-0.4, -0.2) is 25.5 Å². The first-order valence-electron chi connectivity index (χ1n) is 6.63. The average molecular weight is 226 g/mol. The first-order valence-corrected chi connectivity index (χ1v) is 6.63. The van der Waals surface area contributed by atoms with E-state index in [1.807, 2.05) is 6.92 Å². The first kappa shape index (κ1) is 13.5. The minimum atomic E-state index is 0.170. The van der Waals surface area contributed by atoms with Gasteiger partial charge in [0.2, 0.25) is 5.91 Å². The summed E-state index contributed by atoms with van der Waals surface area (Å²) in [7, 11) is 0. The highest BCUT2D eigenvalue weighted by atomic mass is 16.1. The zero-order valence-corrected chi connectivity index (χ0v) is 10.9. The molecule has 0 bridgehead atoms. The molecule has 3 nitrogen and oxygen atoms in total. The van der Waals surface area contributed by atoms with Crippen LogP contribution >= 0.6 is 0 Å². The van der Waals surface area contributed by atoms with Crippen molar-refractivity contribution in [1.29, 1.82) is 0 Å². The van der Waals surface area contributed by atoms with Gasteiger partial charge >= 0.3 is 0 Å². The van der Waals surface area contributed by atoms with Crippen molar-refractivity contribution < 1.29 is 4.79 Å². The second-order valence-electron chi connectivity index (χ2n) is 5.17. The molecular weight excluding hydrogens is 200 g/mol. The number of rotatable bonds is 6. The molecular formula is C13H26N2O. The van der Waals surface area contributed by atoms with E-state index >= 15 is 0 Å². The third kappa shape index (κ3) is 4.12. The molecule has 0 radical (unpaired) electrons. The second kappa shape index (κ2) is 6.89. The van der Waals surface area contributed by atoms with Crippen LogP contribution in [0.25, 0.3) is 0 Å². The van der Waals surface area contributed by atoms with Gasteiger partial charge in [-0.25, -0.2) is 0 Å². The Hall–Kier alpha value is -0.570. The predicted octanol–water partition coefficient (Wildman–Crippen LogP) is 1.78. The van der Waals surface area contributed by atoms with Crippen molar-refractivity contribution in [1.82, 2.24) is 10.6 Å². The predicted molar refractivity (Wildman–Crippen MR) is 67.2 cm³/mol. The van der Waals surface area contributed by atoms with Gasteiger partial charge in [0, 0.05) is 12.5 Å². The van der Waals surface area contributed by atoms with Crippen molar-refractivity contribution in [2.45, 2.75) is 40.0 Å². The summed E-state index contributed by atoms with van der Waals surface area (Å²) in [5.41, 5.74) is 0. The third-order valence-corrected chi connectivity index (χ3v) is 3.66. The van der Waals surface area contributed by atoms with E-state index in [0.29, 0.717) is 0 Å². The molecule has 1 amide bonds. The minimum Gasteiger partial charge on any atom is -0.356 e. The average Bonchev–Trinajstić information content (AvgIpc) is 2.65. The summed E-state index contributed by atoms with van der Waals surface area (Å²) in [6.07, 6.45) is 3.18. The highest BCUT2D eigenvalue weighted by Gasteiger charge is 2.22. The Bertz CT molecular complexity index is 218. The van der Waals surface area contributed by atoms with Crippen LogP contribution in [0.4, 0.5) is 0 Å². The summed E-state index contributed by atoms with van der Waals surface area (Å²) in [5.74, 6) is 1.89. The van der Waals surface area contributed by atoms with Crippen LogP contribution < -0.4 is 10.6 Å². The van der Waals surface area contributed by atoms with Gasteiger partial charge in [0.05, 0.1) is 0 Å². The SMILES string of the molecule is CCCC(C)C(=O)NCC[C@@H]1CNC[C@H]1C. The highest BCUT2D eigenvalue weighted by molar-refractivity contribution is 5.78. The molecule has 1 aliphatic heterocycles. The molecule has 0 saturated carbocycles. The fourth-order valence-corrected chi connectivity index (χ4v) is 2.37. The van der Waals surface area contributed by atoms with Gasteiger partial charge in [-0.2, -0.15) is 0 Å². The normalized spacial score (nSPS) is 26.7. The van der Waals surface area contributed by atoms with Gasteiger partial charge in [0.1, 0.15) is 0 Å². The van der Waals surface area contributed by atoms with E-state index in [1.54, 1.807) is 0 Å². The summed E-state index contributed by atoms with van der Waals surface area (Å²) in [5, 5.41) is 6.44. The van der Waals surface area contributed by atoms with Crippen LogP contribution in [0.1, 0.15) is 40.0 Å². The Labute approximate surface area is 99.4 Å². The maximum atomic E-state index is 11.7. The highest BCUT2D eigenvalue weighted by Crippen LogP contribution is 2.18. The largest absolute Gasteiger partial charge is 0.356 e. The number of carbonyl (C=O) groups excluding carboxylic acids is 1. The van der Waals surface area contributed by atoms with Crippen molar-refractivity contribution in [2.24, 2.45) is 17.8 Å². The Morgan fingerprint density at radius 3 is 2.81 bits per heavy atom. The third-order valence-electron chi connectivity index (χ3n) is 3.66. The molecule has 3 atom stereocenters. The molecule has 1 rings (SSSR count). The molecule has 3 heteroatoms. The summed E-state index contributed by atoms with van der Waals surface area (Å²) in [6.45, 7) is 9.50. The molecule has 94 valence electrons. The summed E-state index contributed by atoms with van der Waals surface area (Å²) in [4.78, 5) is 11.7. The molecule has 16 heavy (non-hydrogen) atoms. The molecule has 1 saturated heterocycles. The van der Waals surface area contributed by atoms with Crippen LogP contribution in [0.3, 0.4) is 0 Å². The number of carbonyl (C=O) groups is 1. The lowest BCUT2D eigenvalue weighted by Crippen LogP contribution is -2.31. The molecule has 1 heterocycles. The van der Waals surface area contributed by atoms with Gasteiger partial charge in [0.15, 0.2) is 0 Å². The number of amides is 1. The van der Waals surface area contributed by atoms with Crippen molar-refractivity contribution >= 4 is 5.91 Å². The topological polar surface area (TPSA) is 41.1 Å². The molecule has 1 aliphatic rings. The molecule has 0 aromatic rings. The van der Waals surface area contributed by atoms with E-state index in [9.17, 15) is 4.79 Å². The smallest absolute Gasteiger partial charge is 0.222 e. The number of hydrogen-bond acceptors (Lipinski definition) is 2. The number of nitrogens with one attached hydrogen (secondary N) is 2. The van der Waals surface area contributed by atoms with Gasteiger partial charge in [-0.05, 0) is 37.8 Å². The Morgan fingerprint density at radius 1 is 1.50 bits per heavy atom. The molecule has 1 fully saturated rings. The van der Waals surface area contributed by atoms with Gasteiger partial charge < -0.3 is 10.6 Å². The van der Waals surface area contributed by atoms with Crippen LogP contribution in [0, 0.1) is 17.8 Å². The zero-order chi connectivity index (χ0) is 12.0. The summed E-state index contributed by atoms with van der Waals surface area (Å²) >= 11 is 0. The minimum absolute atomic E-state index is 0.170. The quantitative estimate of drug-likeness (QED) is 0.725. The Balaban J connectivity index is 2.12. The summed E-state index contributed by atoms with van der Waals surface area (Å²) < 4.78 is 0. The molecule has 0 aliphatic carbocycles. The Morgan fingerprint density at radius 2 is 2.25 bits per heavy atom. The number of hydrogen-bond donors (Lipinski definition) is 2. The summed E-state index contributed by atoms with van der Waals surface area (Å²) in [6, 6.07) is 0. The Kier molecular flexibility index (Phi) is 5.81. The fraction of sp³-hybridized carbons (Fsp3) is 0.923. The van der Waals surface area contributed by atoms with Gasteiger partial charge in [0.25, 0.3) is 0 Å². The maximum Gasteiger partial charge on any atom is 0.222 e. The van der Waals surface area contributed by atoms with Crippen LogP contribution in [0.15, 0.2) is 0 Å². The fourth-order valence-electron chi connectivity index (χ4n) is 2.37. The standard InChI is InChI=1S/C13H26N2O/c1-4-5-10(2)13(16)15-7-6-12-9-14-8-11(12)3/h10-12,14H,4-9H2,1-3H3,(H,15,16)/t10?,11-,12-/m1/s1. The monoisotopic (exact) mass is 226 g/mol. The van der Waals surface area contributed by atoms with Crippen molar-refractivity contribution in [2.75, 3.05) is 19.6 Å². The lowest BCUT2D eigenvalue weighted by molar-refractivity contribution is -0.124. The second-order valence-corrected chi connectivity index (χ2v) is 5.17. The lowest BCUT2D eigenvalue weighted by atomic mass is 9.95. The van der Waals surface area contributed by atoms with E-state index in [1.165, 1.54) is 0 Å². The molecule has 1 unspecified atom stereocenters. The van der Waals surface area contributed by atoms with E-state index < -0.39 is 0 Å². The van der Waals surface area contributed by atoms with E-state index in [-0.39, 0.29) is 11.8 Å². The van der Waals surface area contributed by atoms with E-state index in [4.69, 9.17) is 0 Å². The van der Waals surface area contributed by atoms with Crippen LogP contribution in [-0.2, 0) is 4.79 Å². The zero-order valence-electron chi connectivity index (χ0n) is 10.9. The van der Waals surface area contributed by atoms with E-state index in [2.05, 4.69) is 24.5 Å².